The molecule has 0 spiro atoms. The largest absolute Gasteiger partial charge is 0.390 e. The Morgan fingerprint density at radius 3 is 1.53 bits per heavy atom. The summed E-state index contributed by atoms with van der Waals surface area (Å²) < 4.78 is 6.08. The van der Waals surface area contributed by atoms with Crippen molar-refractivity contribution < 1.29 is 9.84 Å². The molecule has 0 radical (unpaired) electrons. The Kier molecular flexibility index (Phi) is 7.84. The third kappa shape index (κ3) is 5.42. The minimum absolute atomic E-state index is 0.0316. The molecule has 180 valence electrons. The van der Waals surface area contributed by atoms with Gasteiger partial charge in [-0.2, -0.15) is 0 Å². The van der Waals surface area contributed by atoms with Gasteiger partial charge in [0.05, 0.1) is 17.7 Å². The van der Waals surface area contributed by atoms with Gasteiger partial charge in [-0.1, -0.05) is 91.0 Å². The normalized spacial score (nSPS) is 16.9. The Hall–Kier alpha value is -2.50. The fourth-order valence-corrected chi connectivity index (χ4v) is 5.09. The van der Waals surface area contributed by atoms with Crippen molar-refractivity contribution in [1.82, 2.24) is 9.80 Å². The van der Waals surface area contributed by atoms with Gasteiger partial charge in [0.25, 0.3) is 0 Å². The number of piperazine rings is 1. The predicted octanol–water partition coefficient (Wildman–Crippen LogP) is 5.12. The van der Waals surface area contributed by atoms with Crippen molar-refractivity contribution in [3.05, 3.63) is 108 Å². The summed E-state index contributed by atoms with van der Waals surface area (Å²) in [7, 11) is 0. The second-order valence-electron chi connectivity index (χ2n) is 9.86. The van der Waals surface area contributed by atoms with Crippen LogP contribution in [-0.4, -0.2) is 59.5 Å². The van der Waals surface area contributed by atoms with Crippen LogP contribution in [0.1, 0.15) is 43.9 Å². The second-order valence-corrected chi connectivity index (χ2v) is 9.86. The zero-order valence-electron chi connectivity index (χ0n) is 20.7. The van der Waals surface area contributed by atoms with E-state index in [9.17, 15) is 5.11 Å². The quantitative estimate of drug-likeness (QED) is 0.452. The molecule has 1 aliphatic rings. The molecule has 1 fully saturated rings. The predicted molar refractivity (Wildman–Crippen MR) is 139 cm³/mol. The number of ether oxygens (including phenoxy) is 1. The van der Waals surface area contributed by atoms with Gasteiger partial charge in [-0.25, -0.2) is 0 Å². The van der Waals surface area contributed by atoms with Crippen molar-refractivity contribution >= 4 is 0 Å². The number of rotatable bonds is 9. The maximum absolute atomic E-state index is 9.99. The first-order chi connectivity index (χ1) is 16.4. The number of nitrogens with zero attached hydrogens (tertiary/aromatic N) is 2. The van der Waals surface area contributed by atoms with Gasteiger partial charge in [0.15, 0.2) is 0 Å². The Morgan fingerprint density at radius 1 is 0.735 bits per heavy atom. The number of aliphatic hydroxyl groups is 1. The van der Waals surface area contributed by atoms with Crippen LogP contribution in [-0.2, 0) is 10.3 Å². The van der Waals surface area contributed by atoms with E-state index in [1.807, 2.05) is 13.8 Å². The third-order valence-corrected chi connectivity index (χ3v) is 6.95. The van der Waals surface area contributed by atoms with Crippen molar-refractivity contribution in [3.8, 4) is 0 Å². The van der Waals surface area contributed by atoms with Crippen LogP contribution in [0, 0.1) is 0 Å². The maximum Gasteiger partial charge on any atom is 0.107 e. The Balaban J connectivity index is 1.63. The summed E-state index contributed by atoms with van der Waals surface area (Å²) in [6, 6.07) is 32.7. The molecular formula is C30H38N2O2. The van der Waals surface area contributed by atoms with E-state index in [2.05, 4.69) is 108 Å². The lowest BCUT2D eigenvalue weighted by Gasteiger charge is -2.49. The fraction of sp³-hybridized carbons (Fsp3) is 0.400. The molecule has 1 unspecified atom stereocenters. The molecule has 1 N–H and O–H groups in total. The highest BCUT2D eigenvalue weighted by Gasteiger charge is 2.43. The van der Waals surface area contributed by atoms with Crippen molar-refractivity contribution in [2.75, 3.05) is 32.8 Å². The average molecular weight is 459 g/mol. The third-order valence-electron chi connectivity index (χ3n) is 6.95. The van der Waals surface area contributed by atoms with Crippen LogP contribution in [0.15, 0.2) is 91.0 Å². The van der Waals surface area contributed by atoms with Gasteiger partial charge in [0.2, 0.25) is 0 Å². The van der Waals surface area contributed by atoms with Crippen LogP contribution in [0.25, 0.3) is 0 Å². The molecule has 0 bridgehead atoms. The summed E-state index contributed by atoms with van der Waals surface area (Å²) in [6.07, 6.45) is 0.667. The van der Waals surface area contributed by atoms with E-state index in [4.69, 9.17) is 4.74 Å². The summed E-state index contributed by atoms with van der Waals surface area (Å²) in [5, 5.41) is 9.99. The first-order valence-corrected chi connectivity index (χ1v) is 12.4. The number of hydrogen-bond acceptors (Lipinski definition) is 4. The van der Waals surface area contributed by atoms with E-state index in [1.165, 1.54) is 16.7 Å². The van der Waals surface area contributed by atoms with Crippen LogP contribution < -0.4 is 0 Å². The summed E-state index contributed by atoms with van der Waals surface area (Å²) in [4.78, 5) is 5.04. The van der Waals surface area contributed by atoms with Gasteiger partial charge in [0, 0.05) is 26.2 Å². The zero-order valence-corrected chi connectivity index (χ0v) is 20.7. The molecule has 1 saturated heterocycles. The standard InChI is InChI=1S/C30H38N2O2/c1-25(34-24-19-29(2,3)33)31-20-22-32(23-21-31)30(26-13-7-4-8-14-26,27-15-9-5-10-16-27)28-17-11-6-12-18-28/h4-18,25,33H,19-24H2,1-3H3. The number of benzene rings is 3. The lowest BCUT2D eigenvalue weighted by molar-refractivity contribution is -0.0846. The molecule has 4 nitrogen and oxygen atoms in total. The first kappa shape index (κ1) is 24.6. The maximum atomic E-state index is 9.99. The van der Waals surface area contributed by atoms with Crippen molar-refractivity contribution in [2.24, 2.45) is 0 Å². The van der Waals surface area contributed by atoms with Gasteiger partial charge in [-0.3, -0.25) is 9.80 Å². The van der Waals surface area contributed by atoms with E-state index in [0.29, 0.717) is 13.0 Å². The molecule has 1 aliphatic heterocycles. The topological polar surface area (TPSA) is 35.9 Å². The molecule has 34 heavy (non-hydrogen) atoms. The highest BCUT2D eigenvalue weighted by molar-refractivity contribution is 5.49. The van der Waals surface area contributed by atoms with Crippen molar-refractivity contribution in [2.45, 2.75) is 44.6 Å². The van der Waals surface area contributed by atoms with Gasteiger partial charge in [0.1, 0.15) is 6.23 Å². The molecule has 0 saturated carbocycles. The smallest absolute Gasteiger partial charge is 0.107 e. The highest BCUT2D eigenvalue weighted by Crippen LogP contribution is 2.42. The van der Waals surface area contributed by atoms with Gasteiger partial charge in [-0.15, -0.1) is 0 Å². The van der Waals surface area contributed by atoms with E-state index in [0.717, 1.165) is 26.2 Å². The lowest BCUT2D eigenvalue weighted by Crippen LogP contribution is -2.58. The number of hydrogen-bond donors (Lipinski definition) is 1. The molecule has 3 aromatic rings. The summed E-state index contributed by atoms with van der Waals surface area (Å²) in [5.41, 5.74) is 2.81. The molecule has 4 heteroatoms. The Labute approximate surface area is 204 Å². The van der Waals surface area contributed by atoms with Crippen molar-refractivity contribution in [1.29, 1.82) is 0 Å². The van der Waals surface area contributed by atoms with Gasteiger partial charge >= 0.3 is 0 Å². The Morgan fingerprint density at radius 2 is 1.15 bits per heavy atom. The van der Waals surface area contributed by atoms with E-state index in [-0.39, 0.29) is 11.8 Å². The monoisotopic (exact) mass is 458 g/mol. The molecule has 3 aromatic carbocycles. The van der Waals surface area contributed by atoms with Crippen LogP contribution in [0.3, 0.4) is 0 Å². The molecule has 0 aliphatic carbocycles. The van der Waals surface area contributed by atoms with E-state index < -0.39 is 5.60 Å². The molecule has 0 amide bonds. The average Bonchev–Trinajstić information content (AvgIpc) is 2.86. The first-order valence-electron chi connectivity index (χ1n) is 12.4. The molecule has 1 heterocycles. The van der Waals surface area contributed by atoms with Crippen LogP contribution >= 0.6 is 0 Å². The van der Waals surface area contributed by atoms with Crippen LogP contribution in [0.5, 0.6) is 0 Å². The zero-order chi connectivity index (χ0) is 24.0. The molecule has 0 aromatic heterocycles. The second kappa shape index (κ2) is 10.8. The minimum atomic E-state index is -0.695. The van der Waals surface area contributed by atoms with Gasteiger partial charge < -0.3 is 9.84 Å². The summed E-state index contributed by atoms with van der Waals surface area (Å²) in [6.45, 7) is 10.1. The lowest BCUT2D eigenvalue weighted by atomic mass is 9.75. The van der Waals surface area contributed by atoms with Gasteiger partial charge in [-0.05, 0) is 43.9 Å². The summed E-state index contributed by atoms with van der Waals surface area (Å²) in [5.74, 6) is 0. The highest BCUT2D eigenvalue weighted by atomic mass is 16.5. The van der Waals surface area contributed by atoms with Crippen LogP contribution in [0.2, 0.25) is 0 Å². The Bertz CT molecular complexity index is 898. The van der Waals surface area contributed by atoms with E-state index in [1.54, 1.807) is 0 Å². The summed E-state index contributed by atoms with van der Waals surface area (Å²) >= 11 is 0. The van der Waals surface area contributed by atoms with Crippen molar-refractivity contribution in [3.63, 3.8) is 0 Å². The molecule has 1 atom stereocenters. The van der Waals surface area contributed by atoms with E-state index >= 15 is 0 Å². The SMILES string of the molecule is CC(OCCC(C)(C)O)N1CCN(C(c2ccccc2)(c2ccccc2)c2ccccc2)CC1. The minimum Gasteiger partial charge on any atom is -0.390 e. The molecular weight excluding hydrogens is 420 g/mol. The fourth-order valence-electron chi connectivity index (χ4n) is 5.09. The molecule has 4 rings (SSSR count). The van der Waals surface area contributed by atoms with Crippen LogP contribution in [0.4, 0.5) is 0 Å².